The van der Waals surface area contributed by atoms with E-state index in [4.69, 9.17) is 10.5 Å². The molecule has 1 aromatic carbocycles. The van der Waals surface area contributed by atoms with Crippen molar-refractivity contribution in [1.29, 1.82) is 0 Å². The van der Waals surface area contributed by atoms with E-state index in [1.54, 1.807) is 0 Å². The van der Waals surface area contributed by atoms with Crippen LogP contribution in [0.2, 0.25) is 0 Å². The highest BCUT2D eigenvalue weighted by molar-refractivity contribution is 5.77. The van der Waals surface area contributed by atoms with Gasteiger partial charge >= 0.3 is 0 Å². The van der Waals surface area contributed by atoms with Crippen molar-refractivity contribution in [3.63, 3.8) is 0 Å². The number of aliphatic imine (C=N–C) groups is 1. The Bertz CT molecular complexity index is 424. The molecule has 0 spiro atoms. The smallest absolute Gasteiger partial charge is 0.188 e. The van der Waals surface area contributed by atoms with Gasteiger partial charge in [-0.05, 0) is 31.5 Å². The van der Waals surface area contributed by atoms with Gasteiger partial charge in [-0.15, -0.1) is 0 Å². The molecule has 3 N–H and O–H groups in total. The maximum atomic E-state index is 13.3. The van der Waals surface area contributed by atoms with Crippen LogP contribution in [0.5, 0.6) is 0 Å². The topological polar surface area (TPSA) is 59.6 Å². The second-order valence-corrected chi connectivity index (χ2v) is 3.91. The Balaban J connectivity index is 2.36. The first-order valence-electron chi connectivity index (χ1n) is 6.19. The van der Waals surface area contributed by atoms with Crippen LogP contribution in [0.1, 0.15) is 18.9 Å². The highest BCUT2D eigenvalue weighted by Crippen LogP contribution is 2.10. The number of hydrogen-bond donors (Lipinski definition) is 2. The van der Waals surface area contributed by atoms with Gasteiger partial charge < -0.3 is 15.8 Å². The van der Waals surface area contributed by atoms with Gasteiger partial charge in [0.25, 0.3) is 0 Å². The van der Waals surface area contributed by atoms with Gasteiger partial charge in [-0.2, -0.15) is 0 Å². The second kappa shape index (κ2) is 8.42. The Labute approximate surface area is 111 Å². The molecule has 6 heteroatoms. The van der Waals surface area contributed by atoms with Crippen LogP contribution in [-0.4, -0.2) is 25.7 Å². The number of halogens is 2. The molecule has 0 radical (unpaired) electrons. The average molecular weight is 271 g/mol. The molecule has 0 aliphatic rings. The monoisotopic (exact) mass is 271 g/mol. The molecule has 0 atom stereocenters. The van der Waals surface area contributed by atoms with Crippen molar-refractivity contribution in [3.05, 3.63) is 35.4 Å². The summed E-state index contributed by atoms with van der Waals surface area (Å²) in [6.45, 7) is 3.89. The molecule has 0 bridgehead atoms. The molecule has 0 unspecified atom stereocenters. The highest BCUT2D eigenvalue weighted by Gasteiger charge is 2.03. The number of ether oxygens (including phenoxy) is 1. The molecule has 106 valence electrons. The lowest BCUT2D eigenvalue weighted by atomic mass is 10.2. The molecule has 0 saturated heterocycles. The number of nitrogens with one attached hydrogen (secondary N) is 1. The Morgan fingerprint density at radius 2 is 2.21 bits per heavy atom. The fourth-order valence-corrected chi connectivity index (χ4v) is 1.43. The molecule has 1 rings (SSSR count). The first kappa shape index (κ1) is 15.4. The van der Waals surface area contributed by atoms with E-state index in [0.29, 0.717) is 19.8 Å². The lowest BCUT2D eigenvalue weighted by Gasteiger charge is -2.06. The van der Waals surface area contributed by atoms with E-state index in [1.807, 2.05) is 6.92 Å². The van der Waals surface area contributed by atoms with Gasteiger partial charge in [0, 0.05) is 25.3 Å². The Kier molecular flexibility index (Phi) is 6.81. The molecule has 0 saturated carbocycles. The fourth-order valence-electron chi connectivity index (χ4n) is 1.43. The van der Waals surface area contributed by atoms with Crippen LogP contribution < -0.4 is 11.1 Å². The van der Waals surface area contributed by atoms with Crippen LogP contribution in [0.3, 0.4) is 0 Å². The van der Waals surface area contributed by atoms with Crippen LogP contribution in [0.25, 0.3) is 0 Å². The Morgan fingerprint density at radius 3 is 2.95 bits per heavy atom. The van der Waals surface area contributed by atoms with Crippen molar-refractivity contribution < 1.29 is 13.5 Å². The lowest BCUT2D eigenvalue weighted by Crippen LogP contribution is -2.32. The summed E-state index contributed by atoms with van der Waals surface area (Å²) in [6, 6.07) is 3.25. The van der Waals surface area contributed by atoms with Crippen LogP contribution in [0, 0.1) is 11.6 Å². The molecular formula is C13H19F2N3O. The first-order chi connectivity index (χ1) is 9.13. The molecular weight excluding hydrogens is 252 g/mol. The summed E-state index contributed by atoms with van der Waals surface area (Å²) in [5.74, 6) is -0.774. The molecule has 0 amide bonds. The summed E-state index contributed by atoms with van der Waals surface area (Å²) in [4.78, 5) is 3.95. The number of rotatable bonds is 7. The van der Waals surface area contributed by atoms with Gasteiger partial charge in [0.1, 0.15) is 11.6 Å². The van der Waals surface area contributed by atoms with E-state index in [1.165, 1.54) is 0 Å². The predicted octanol–water partition coefficient (Wildman–Crippen LogP) is 1.80. The van der Waals surface area contributed by atoms with Crippen molar-refractivity contribution in [3.8, 4) is 0 Å². The number of guanidine groups is 1. The molecule has 0 fully saturated rings. The zero-order valence-corrected chi connectivity index (χ0v) is 11.0. The number of nitrogens with two attached hydrogens (primary N) is 1. The summed E-state index contributed by atoms with van der Waals surface area (Å²) < 4.78 is 31.4. The van der Waals surface area contributed by atoms with E-state index in [2.05, 4.69) is 10.3 Å². The lowest BCUT2D eigenvalue weighted by molar-refractivity contribution is 0.145. The van der Waals surface area contributed by atoms with Crippen molar-refractivity contribution >= 4 is 5.96 Å². The van der Waals surface area contributed by atoms with E-state index in [0.717, 1.165) is 24.6 Å². The third-order valence-electron chi connectivity index (χ3n) is 2.40. The average Bonchev–Trinajstić information content (AvgIpc) is 2.39. The van der Waals surface area contributed by atoms with E-state index < -0.39 is 11.6 Å². The first-order valence-corrected chi connectivity index (χ1v) is 6.19. The van der Waals surface area contributed by atoms with Crippen molar-refractivity contribution in [2.24, 2.45) is 10.7 Å². The van der Waals surface area contributed by atoms with Crippen molar-refractivity contribution in [1.82, 2.24) is 5.32 Å². The quantitative estimate of drug-likeness (QED) is 0.451. The highest BCUT2D eigenvalue weighted by atomic mass is 19.1. The molecule has 0 heterocycles. The summed E-state index contributed by atoms with van der Waals surface area (Å²) in [5, 5.41) is 2.88. The third-order valence-corrected chi connectivity index (χ3v) is 2.40. The standard InChI is InChI=1S/C13H19F2N3O/c1-2-19-7-3-6-17-13(16)18-9-10-8-11(14)4-5-12(10)15/h4-5,8H,2-3,6-7,9H2,1H3,(H3,16,17,18). The molecule has 19 heavy (non-hydrogen) atoms. The van der Waals surface area contributed by atoms with Crippen LogP contribution >= 0.6 is 0 Å². The zero-order chi connectivity index (χ0) is 14.1. The Hall–Kier alpha value is -1.69. The predicted molar refractivity (Wildman–Crippen MR) is 70.8 cm³/mol. The van der Waals surface area contributed by atoms with Crippen LogP contribution in [0.15, 0.2) is 23.2 Å². The minimum atomic E-state index is -0.491. The maximum absolute atomic E-state index is 13.3. The number of hydrogen-bond acceptors (Lipinski definition) is 2. The van der Waals surface area contributed by atoms with Gasteiger partial charge in [0.05, 0.1) is 6.54 Å². The summed E-state index contributed by atoms with van der Waals surface area (Å²) >= 11 is 0. The third kappa shape index (κ3) is 6.15. The minimum absolute atomic E-state index is 0.00782. The SMILES string of the molecule is CCOCCCNC(N)=NCc1cc(F)ccc1F. The van der Waals surface area contributed by atoms with E-state index >= 15 is 0 Å². The summed E-state index contributed by atoms with van der Waals surface area (Å²) in [5.41, 5.74) is 5.79. The molecule has 1 aromatic rings. The number of benzene rings is 1. The van der Waals surface area contributed by atoms with Gasteiger partial charge in [-0.3, -0.25) is 0 Å². The summed E-state index contributed by atoms with van der Waals surface area (Å²) in [6.07, 6.45) is 0.804. The van der Waals surface area contributed by atoms with E-state index in [-0.39, 0.29) is 18.1 Å². The largest absolute Gasteiger partial charge is 0.382 e. The van der Waals surface area contributed by atoms with Crippen LogP contribution in [0.4, 0.5) is 8.78 Å². The normalized spacial score (nSPS) is 11.6. The van der Waals surface area contributed by atoms with Gasteiger partial charge in [0.15, 0.2) is 5.96 Å². The molecule has 0 aliphatic carbocycles. The van der Waals surface area contributed by atoms with Gasteiger partial charge in [-0.25, -0.2) is 13.8 Å². The van der Waals surface area contributed by atoms with E-state index in [9.17, 15) is 8.78 Å². The molecule has 0 aliphatic heterocycles. The van der Waals surface area contributed by atoms with Gasteiger partial charge in [-0.1, -0.05) is 0 Å². The fraction of sp³-hybridized carbons (Fsp3) is 0.462. The molecule has 4 nitrogen and oxygen atoms in total. The molecule has 0 aromatic heterocycles. The Morgan fingerprint density at radius 1 is 1.42 bits per heavy atom. The van der Waals surface area contributed by atoms with Crippen LogP contribution in [-0.2, 0) is 11.3 Å². The maximum Gasteiger partial charge on any atom is 0.188 e. The van der Waals surface area contributed by atoms with Gasteiger partial charge in [0.2, 0.25) is 0 Å². The summed E-state index contributed by atoms with van der Waals surface area (Å²) in [7, 11) is 0. The van der Waals surface area contributed by atoms with Crippen molar-refractivity contribution in [2.75, 3.05) is 19.8 Å². The zero-order valence-electron chi connectivity index (χ0n) is 11.0. The minimum Gasteiger partial charge on any atom is -0.382 e. The second-order valence-electron chi connectivity index (χ2n) is 3.91. The number of nitrogens with zero attached hydrogens (tertiary/aromatic N) is 1. The van der Waals surface area contributed by atoms with Crippen molar-refractivity contribution in [2.45, 2.75) is 19.9 Å².